The van der Waals surface area contributed by atoms with Crippen LogP contribution in [0.3, 0.4) is 0 Å². The van der Waals surface area contributed by atoms with Crippen molar-refractivity contribution in [1.82, 2.24) is 24.6 Å². The summed E-state index contributed by atoms with van der Waals surface area (Å²) in [4.78, 5) is 21.4. The van der Waals surface area contributed by atoms with Crippen LogP contribution in [0.1, 0.15) is 23.0 Å². The summed E-state index contributed by atoms with van der Waals surface area (Å²) in [6.07, 6.45) is 3.59. The van der Waals surface area contributed by atoms with Gasteiger partial charge in [-0.05, 0) is 37.3 Å². The van der Waals surface area contributed by atoms with Crippen LogP contribution in [0.15, 0.2) is 54.9 Å². The fraction of sp³-hybridized carbons (Fsp3) is 0.348. The van der Waals surface area contributed by atoms with Crippen LogP contribution >= 0.6 is 0 Å². The smallest absolute Gasteiger partial charge is 0.257 e. The summed E-state index contributed by atoms with van der Waals surface area (Å²) < 4.78 is 7.56. The summed E-state index contributed by atoms with van der Waals surface area (Å²) in [6.45, 7) is 6.34. The molecule has 1 aliphatic heterocycles. The normalized spacial score (nSPS) is 14.7. The molecule has 1 amide bonds. The highest BCUT2D eigenvalue weighted by Crippen LogP contribution is 2.22. The van der Waals surface area contributed by atoms with Gasteiger partial charge < -0.3 is 9.64 Å². The monoisotopic (exact) mass is 405 g/mol. The molecule has 7 heteroatoms. The summed E-state index contributed by atoms with van der Waals surface area (Å²) in [5.74, 6) is 0.698. The summed E-state index contributed by atoms with van der Waals surface area (Å²) in [7, 11) is 1.97. The average Bonchev–Trinajstić information content (AvgIpc) is 3.15. The Morgan fingerprint density at radius 3 is 2.63 bits per heavy atom. The number of carbonyl (C=O) groups is 1. The van der Waals surface area contributed by atoms with Crippen molar-refractivity contribution in [3.05, 3.63) is 66.1 Å². The first-order valence-electron chi connectivity index (χ1n) is 10.3. The number of carbonyl (C=O) groups excluding carboxylic acids is 1. The fourth-order valence-electron chi connectivity index (χ4n) is 3.74. The number of benzene rings is 1. The van der Waals surface area contributed by atoms with Gasteiger partial charge in [0.05, 0.1) is 23.6 Å². The third kappa shape index (κ3) is 4.36. The number of nitrogens with zero attached hydrogens (tertiary/aromatic N) is 5. The molecule has 4 rings (SSSR count). The summed E-state index contributed by atoms with van der Waals surface area (Å²) in [5.41, 5.74) is 3.74. The third-order valence-corrected chi connectivity index (χ3v) is 5.40. The SMILES string of the molecule is CCOc1ccccc1C(=O)N1CCN(Cc2cc(-c3cccnc3)nn2C)CC1. The maximum Gasteiger partial charge on any atom is 0.257 e. The standard InChI is InChI=1S/C23H27N5O2/c1-3-30-22-9-5-4-8-20(22)23(29)28-13-11-27(12-14-28)17-19-15-21(25-26(19)2)18-7-6-10-24-16-18/h4-10,15-16H,3,11-14,17H2,1-2H3. The molecule has 3 aromatic rings. The maximum atomic E-state index is 13.0. The number of aromatic nitrogens is 3. The first-order valence-corrected chi connectivity index (χ1v) is 10.3. The van der Waals surface area contributed by atoms with Crippen molar-refractivity contribution in [3.8, 4) is 17.0 Å². The van der Waals surface area contributed by atoms with E-state index in [-0.39, 0.29) is 5.91 Å². The molecular weight excluding hydrogens is 378 g/mol. The highest BCUT2D eigenvalue weighted by atomic mass is 16.5. The van der Waals surface area contributed by atoms with E-state index in [0.29, 0.717) is 31.0 Å². The number of piperazine rings is 1. The molecule has 0 atom stereocenters. The quantitative estimate of drug-likeness (QED) is 0.631. The van der Waals surface area contributed by atoms with Crippen LogP contribution in [0.5, 0.6) is 5.75 Å². The molecule has 156 valence electrons. The van der Waals surface area contributed by atoms with Gasteiger partial charge in [-0.15, -0.1) is 0 Å². The molecule has 0 saturated carbocycles. The average molecular weight is 406 g/mol. The first-order chi connectivity index (χ1) is 14.7. The zero-order valence-corrected chi connectivity index (χ0v) is 17.5. The van der Waals surface area contributed by atoms with Crippen LogP contribution < -0.4 is 4.74 Å². The van der Waals surface area contributed by atoms with E-state index >= 15 is 0 Å². The minimum atomic E-state index is 0.0399. The van der Waals surface area contributed by atoms with Gasteiger partial charge in [0.15, 0.2) is 0 Å². The molecule has 0 unspecified atom stereocenters. The van der Waals surface area contributed by atoms with Crippen molar-refractivity contribution < 1.29 is 9.53 Å². The van der Waals surface area contributed by atoms with Crippen molar-refractivity contribution in [1.29, 1.82) is 0 Å². The number of pyridine rings is 1. The van der Waals surface area contributed by atoms with E-state index in [1.807, 2.05) is 66.1 Å². The van der Waals surface area contributed by atoms with E-state index in [2.05, 4.69) is 21.0 Å². The second-order valence-electron chi connectivity index (χ2n) is 7.38. The molecule has 2 aromatic heterocycles. The summed E-state index contributed by atoms with van der Waals surface area (Å²) in [6, 6.07) is 13.5. The Morgan fingerprint density at radius 2 is 1.90 bits per heavy atom. The third-order valence-electron chi connectivity index (χ3n) is 5.40. The molecule has 0 N–H and O–H groups in total. The molecule has 30 heavy (non-hydrogen) atoms. The van der Waals surface area contributed by atoms with Crippen molar-refractivity contribution in [3.63, 3.8) is 0 Å². The Hall–Kier alpha value is -3.19. The number of para-hydroxylation sites is 1. The molecule has 0 aliphatic carbocycles. The van der Waals surface area contributed by atoms with Gasteiger partial charge in [0.25, 0.3) is 5.91 Å². The number of ether oxygens (including phenoxy) is 1. The number of aryl methyl sites for hydroxylation is 1. The molecular formula is C23H27N5O2. The lowest BCUT2D eigenvalue weighted by Gasteiger charge is -2.34. The molecule has 1 aromatic carbocycles. The second kappa shape index (κ2) is 9.09. The van der Waals surface area contributed by atoms with E-state index in [9.17, 15) is 4.79 Å². The lowest BCUT2D eigenvalue weighted by molar-refractivity contribution is 0.0621. The molecule has 3 heterocycles. The van der Waals surface area contributed by atoms with Gasteiger partial charge in [0.2, 0.25) is 0 Å². The van der Waals surface area contributed by atoms with Gasteiger partial charge in [0, 0.05) is 57.7 Å². The van der Waals surface area contributed by atoms with Gasteiger partial charge in [-0.3, -0.25) is 19.4 Å². The predicted molar refractivity (Wildman–Crippen MR) is 115 cm³/mol. The zero-order chi connectivity index (χ0) is 20.9. The number of amides is 1. The van der Waals surface area contributed by atoms with Crippen molar-refractivity contribution >= 4 is 5.91 Å². The van der Waals surface area contributed by atoms with Gasteiger partial charge in [-0.25, -0.2) is 0 Å². The zero-order valence-electron chi connectivity index (χ0n) is 17.5. The highest BCUT2D eigenvalue weighted by Gasteiger charge is 2.24. The Kier molecular flexibility index (Phi) is 6.09. The van der Waals surface area contributed by atoms with Gasteiger partial charge in [-0.1, -0.05) is 12.1 Å². The number of hydrogen-bond acceptors (Lipinski definition) is 5. The number of rotatable bonds is 6. The van der Waals surface area contributed by atoms with Gasteiger partial charge in [0.1, 0.15) is 5.75 Å². The maximum absolute atomic E-state index is 13.0. The number of hydrogen-bond donors (Lipinski definition) is 0. The first kappa shape index (κ1) is 20.1. The van der Waals surface area contributed by atoms with Gasteiger partial charge >= 0.3 is 0 Å². The van der Waals surface area contributed by atoms with Crippen LogP contribution in [0.25, 0.3) is 11.3 Å². The largest absolute Gasteiger partial charge is 0.493 e. The molecule has 0 bridgehead atoms. The van der Waals surface area contributed by atoms with Crippen LogP contribution in [0, 0.1) is 0 Å². The Labute approximate surface area is 176 Å². The lowest BCUT2D eigenvalue weighted by Crippen LogP contribution is -2.48. The minimum absolute atomic E-state index is 0.0399. The van der Waals surface area contributed by atoms with E-state index in [1.54, 1.807) is 6.20 Å². The lowest BCUT2D eigenvalue weighted by atomic mass is 10.1. The van der Waals surface area contributed by atoms with E-state index in [0.717, 1.165) is 36.6 Å². The molecule has 0 radical (unpaired) electrons. The molecule has 7 nitrogen and oxygen atoms in total. The van der Waals surface area contributed by atoms with E-state index in [4.69, 9.17) is 4.74 Å². The minimum Gasteiger partial charge on any atom is -0.493 e. The Morgan fingerprint density at radius 1 is 1.10 bits per heavy atom. The summed E-state index contributed by atoms with van der Waals surface area (Å²) in [5, 5.41) is 4.63. The summed E-state index contributed by atoms with van der Waals surface area (Å²) >= 11 is 0. The van der Waals surface area contributed by atoms with Crippen LogP contribution in [0.4, 0.5) is 0 Å². The molecule has 0 spiro atoms. The topological polar surface area (TPSA) is 63.5 Å². The molecule has 1 fully saturated rings. The molecule has 1 aliphatic rings. The molecule has 1 saturated heterocycles. The fourth-order valence-corrected chi connectivity index (χ4v) is 3.74. The van der Waals surface area contributed by atoms with E-state index < -0.39 is 0 Å². The van der Waals surface area contributed by atoms with Gasteiger partial charge in [-0.2, -0.15) is 5.10 Å². The van der Waals surface area contributed by atoms with Crippen LogP contribution in [-0.2, 0) is 13.6 Å². The van der Waals surface area contributed by atoms with E-state index in [1.165, 1.54) is 0 Å². The van der Waals surface area contributed by atoms with Crippen LogP contribution in [0.2, 0.25) is 0 Å². The van der Waals surface area contributed by atoms with Crippen LogP contribution in [-0.4, -0.2) is 63.3 Å². The Balaban J connectivity index is 1.38. The van der Waals surface area contributed by atoms with Crippen molar-refractivity contribution in [2.75, 3.05) is 32.8 Å². The second-order valence-corrected chi connectivity index (χ2v) is 7.38. The highest BCUT2D eigenvalue weighted by molar-refractivity contribution is 5.97. The van der Waals surface area contributed by atoms with Crippen molar-refractivity contribution in [2.45, 2.75) is 13.5 Å². The Bertz CT molecular complexity index is 994. The predicted octanol–water partition coefficient (Wildman–Crippen LogP) is 2.84. The van der Waals surface area contributed by atoms with Crippen molar-refractivity contribution in [2.24, 2.45) is 7.05 Å².